The fourth-order valence-corrected chi connectivity index (χ4v) is 4.26. The van der Waals surface area contributed by atoms with Gasteiger partial charge < -0.3 is 5.32 Å². The Morgan fingerprint density at radius 3 is 2.82 bits per heavy atom. The minimum Gasteiger partial charge on any atom is -0.342 e. The summed E-state index contributed by atoms with van der Waals surface area (Å²) in [6.07, 6.45) is 5.15. The molecular formula is C21H22N4O2S. The van der Waals surface area contributed by atoms with Crippen LogP contribution in [0.15, 0.2) is 58.3 Å². The standard InChI is InChI=1S/C21H22N4O2S/c26-20-13-19(23-17-8-7-15-4-3-5-16(15)12-17)24-21(27)25(20)10-11-28-14-18-6-1-2-9-22-18/h1-2,6-9,12-13,23H,3-5,10-11,14H2,(H,24,27). The monoisotopic (exact) mass is 394 g/mol. The van der Waals surface area contributed by atoms with Crippen molar-refractivity contribution in [1.82, 2.24) is 14.5 Å². The Kier molecular flexibility index (Phi) is 5.62. The summed E-state index contributed by atoms with van der Waals surface area (Å²) in [4.78, 5) is 31.8. The zero-order valence-corrected chi connectivity index (χ0v) is 16.3. The van der Waals surface area contributed by atoms with E-state index in [1.165, 1.54) is 28.2 Å². The van der Waals surface area contributed by atoms with E-state index in [4.69, 9.17) is 0 Å². The second kappa shape index (κ2) is 8.48. The lowest BCUT2D eigenvalue weighted by Crippen LogP contribution is -2.35. The van der Waals surface area contributed by atoms with E-state index < -0.39 is 5.69 Å². The molecule has 2 N–H and O–H groups in total. The molecule has 3 aromatic rings. The third-order valence-electron chi connectivity index (χ3n) is 4.83. The Morgan fingerprint density at radius 2 is 2.00 bits per heavy atom. The van der Waals surface area contributed by atoms with Gasteiger partial charge in [-0.15, -0.1) is 0 Å². The largest absolute Gasteiger partial charge is 0.342 e. The zero-order valence-electron chi connectivity index (χ0n) is 15.5. The third kappa shape index (κ3) is 4.36. The van der Waals surface area contributed by atoms with Crippen LogP contribution in [0.2, 0.25) is 0 Å². The van der Waals surface area contributed by atoms with E-state index in [9.17, 15) is 9.59 Å². The van der Waals surface area contributed by atoms with Gasteiger partial charge in [0.2, 0.25) is 0 Å². The number of fused-ring (bicyclic) bond motifs is 1. The van der Waals surface area contributed by atoms with Gasteiger partial charge in [-0.05, 0) is 54.7 Å². The number of rotatable bonds is 7. The van der Waals surface area contributed by atoms with Crippen LogP contribution in [-0.2, 0) is 25.1 Å². The predicted octanol–water partition coefficient (Wildman–Crippen LogP) is 3.10. The minimum atomic E-state index is -0.394. The topological polar surface area (TPSA) is 79.8 Å². The van der Waals surface area contributed by atoms with Crippen molar-refractivity contribution in [2.75, 3.05) is 11.1 Å². The van der Waals surface area contributed by atoms with Crippen molar-refractivity contribution in [3.05, 3.63) is 86.3 Å². The molecule has 0 amide bonds. The van der Waals surface area contributed by atoms with E-state index in [1.54, 1.807) is 18.0 Å². The number of benzene rings is 1. The van der Waals surface area contributed by atoms with E-state index in [0.29, 0.717) is 18.1 Å². The molecule has 1 aliphatic rings. The molecule has 144 valence electrons. The molecular weight excluding hydrogens is 372 g/mol. The summed E-state index contributed by atoms with van der Waals surface area (Å²) in [5, 5.41) is 3.15. The Labute approximate surface area is 167 Å². The molecule has 0 saturated carbocycles. The number of nitrogens with one attached hydrogen (secondary N) is 2. The maximum Gasteiger partial charge on any atom is 0.329 e. The smallest absolute Gasteiger partial charge is 0.329 e. The van der Waals surface area contributed by atoms with Crippen LogP contribution in [0.5, 0.6) is 0 Å². The quantitative estimate of drug-likeness (QED) is 0.602. The van der Waals surface area contributed by atoms with E-state index in [0.717, 1.165) is 30.0 Å². The predicted molar refractivity (Wildman–Crippen MR) is 113 cm³/mol. The van der Waals surface area contributed by atoms with Crippen molar-refractivity contribution in [2.45, 2.75) is 31.6 Å². The maximum absolute atomic E-state index is 12.4. The molecule has 2 aromatic heterocycles. The number of thioether (sulfide) groups is 1. The van der Waals surface area contributed by atoms with Crippen molar-refractivity contribution in [3.63, 3.8) is 0 Å². The van der Waals surface area contributed by atoms with Gasteiger partial charge in [-0.3, -0.25) is 19.3 Å². The number of aromatic nitrogens is 3. The number of hydrogen-bond donors (Lipinski definition) is 2. The van der Waals surface area contributed by atoms with Crippen molar-refractivity contribution < 1.29 is 0 Å². The van der Waals surface area contributed by atoms with Gasteiger partial charge >= 0.3 is 5.69 Å². The number of aromatic amines is 1. The number of hydrogen-bond acceptors (Lipinski definition) is 5. The molecule has 0 unspecified atom stereocenters. The molecule has 6 nitrogen and oxygen atoms in total. The first-order valence-electron chi connectivity index (χ1n) is 9.40. The number of H-pyrrole nitrogens is 1. The summed E-state index contributed by atoms with van der Waals surface area (Å²) < 4.78 is 1.24. The lowest BCUT2D eigenvalue weighted by atomic mass is 10.1. The highest BCUT2D eigenvalue weighted by atomic mass is 32.2. The minimum absolute atomic E-state index is 0.300. The van der Waals surface area contributed by atoms with Crippen molar-refractivity contribution in [3.8, 4) is 0 Å². The number of anilines is 2. The third-order valence-corrected chi connectivity index (χ3v) is 5.80. The first-order chi connectivity index (χ1) is 13.7. The Bertz CT molecular complexity index is 1040. The number of aryl methyl sites for hydroxylation is 2. The van der Waals surface area contributed by atoms with Crippen LogP contribution < -0.4 is 16.6 Å². The molecule has 0 bridgehead atoms. The summed E-state index contributed by atoms with van der Waals surface area (Å²) in [5.41, 5.74) is 3.91. The van der Waals surface area contributed by atoms with E-state index >= 15 is 0 Å². The van der Waals surface area contributed by atoms with Crippen LogP contribution in [0.25, 0.3) is 0 Å². The molecule has 0 spiro atoms. The Morgan fingerprint density at radius 1 is 1.11 bits per heavy atom. The average molecular weight is 395 g/mol. The van der Waals surface area contributed by atoms with Gasteiger partial charge in [0.25, 0.3) is 5.56 Å². The van der Waals surface area contributed by atoms with Gasteiger partial charge in [0.05, 0.1) is 5.69 Å². The van der Waals surface area contributed by atoms with Gasteiger partial charge in [-0.1, -0.05) is 12.1 Å². The lowest BCUT2D eigenvalue weighted by molar-refractivity contribution is 0.681. The molecule has 1 aromatic carbocycles. The molecule has 7 heteroatoms. The van der Waals surface area contributed by atoms with Gasteiger partial charge in [0, 0.05) is 36.0 Å². The molecule has 28 heavy (non-hydrogen) atoms. The fourth-order valence-electron chi connectivity index (χ4n) is 3.42. The molecule has 2 heterocycles. The van der Waals surface area contributed by atoms with Gasteiger partial charge in [0.1, 0.15) is 5.82 Å². The van der Waals surface area contributed by atoms with Gasteiger partial charge in [0.15, 0.2) is 0 Å². The van der Waals surface area contributed by atoms with Gasteiger partial charge in [-0.2, -0.15) is 11.8 Å². The highest BCUT2D eigenvalue weighted by molar-refractivity contribution is 7.98. The summed E-state index contributed by atoms with van der Waals surface area (Å²) in [7, 11) is 0. The van der Waals surface area contributed by atoms with Crippen molar-refractivity contribution in [2.24, 2.45) is 0 Å². The summed E-state index contributed by atoms with van der Waals surface area (Å²) in [6.45, 7) is 0.366. The highest BCUT2D eigenvalue weighted by Gasteiger charge is 2.11. The summed E-state index contributed by atoms with van der Waals surface area (Å²) in [6, 6.07) is 13.4. The molecule has 4 rings (SSSR count). The maximum atomic E-state index is 12.4. The van der Waals surface area contributed by atoms with Crippen molar-refractivity contribution >= 4 is 23.3 Å². The molecule has 0 saturated heterocycles. The SMILES string of the molecule is O=c1cc(Nc2ccc3c(c2)CCC3)[nH]c(=O)n1CCSCc1ccccn1. The first kappa shape index (κ1) is 18.6. The molecule has 0 radical (unpaired) electrons. The zero-order chi connectivity index (χ0) is 19.3. The molecule has 0 aliphatic heterocycles. The number of pyridine rings is 1. The highest BCUT2D eigenvalue weighted by Crippen LogP contribution is 2.25. The van der Waals surface area contributed by atoms with Crippen LogP contribution in [-0.4, -0.2) is 20.3 Å². The summed E-state index contributed by atoms with van der Waals surface area (Å²) >= 11 is 1.65. The van der Waals surface area contributed by atoms with E-state index in [1.807, 2.05) is 24.3 Å². The van der Waals surface area contributed by atoms with E-state index in [-0.39, 0.29) is 5.56 Å². The molecule has 1 aliphatic carbocycles. The van der Waals surface area contributed by atoms with E-state index in [2.05, 4.69) is 27.4 Å². The second-order valence-corrected chi connectivity index (χ2v) is 7.92. The Hall–Kier alpha value is -2.80. The fraction of sp³-hybridized carbons (Fsp3) is 0.286. The van der Waals surface area contributed by atoms with Gasteiger partial charge in [-0.25, -0.2) is 4.79 Å². The first-order valence-corrected chi connectivity index (χ1v) is 10.6. The molecule has 0 fully saturated rings. The molecule has 0 atom stereocenters. The summed E-state index contributed by atoms with van der Waals surface area (Å²) in [5.74, 6) is 1.84. The van der Waals surface area contributed by atoms with Crippen molar-refractivity contribution in [1.29, 1.82) is 0 Å². The second-order valence-electron chi connectivity index (χ2n) is 6.81. The Balaban J connectivity index is 1.39. The lowest BCUT2D eigenvalue weighted by Gasteiger charge is -2.10. The average Bonchev–Trinajstić information content (AvgIpc) is 3.15. The van der Waals surface area contributed by atoms with Crippen LogP contribution in [0.3, 0.4) is 0 Å². The van der Waals surface area contributed by atoms with Crippen LogP contribution in [0, 0.1) is 0 Å². The van der Waals surface area contributed by atoms with Crippen LogP contribution in [0.4, 0.5) is 11.5 Å². The van der Waals surface area contributed by atoms with Crippen LogP contribution >= 0.6 is 11.8 Å². The normalized spacial score (nSPS) is 12.7. The number of nitrogens with zero attached hydrogens (tertiary/aromatic N) is 2. The van der Waals surface area contributed by atoms with Crippen LogP contribution in [0.1, 0.15) is 23.2 Å².